The molecule has 17 nitrogen and oxygen atoms in total. The molecule has 0 spiro atoms. The van der Waals surface area contributed by atoms with E-state index in [1.54, 1.807) is 47.4 Å². The van der Waals surface area contributed by atoms with E-state index in [0.29, 0.717) is 98.2 Å². The van der Waals surface area contributed by atoms with Crippen LogP contribution in [-0.4, -0.2) is 84.8 Å². The minimum atomic E-state index is -0.812. The first-order valence-electron chi connectivity index (χ1n) is 21.6. The number of pyridine rings is 1. The Morgan fingerprint density at radius 3 is 2.62 bits per heavy atom. The summed E-state index contributed by atoms with van der Waals surface area (Å²) in [5, 5.41) is 22.6. The predicted octanol–water partition coefficient (Wildman–Crippen LogP) is 6.54. The zero-order valence-electron chi connectivity index (χ0n) is 35.8. The van der Waals surface area contributed by atoms with Gasteiger partial charge in [0.2, 0.25) is 23.6 Å². The molecule has 4 N–H and O–H groups in total. The Labute approximate surface area is 395 Å². The fourth-order valence-electron chi connectivity index (χ4n) is 8.44. The third-order valence-corrected chi connectivity index (χ3v) is 12.8. The molecule has 1 saturated carbocycles. The first-order valence-corrected chi connectivity index (χ1v) is 22.8. The van der Waals surface area contributed by atoms with Crippen molar-refractivity contribution in [2.45, 2.75) is 96.0 Å². The van der Waals surface area contributed by atoms with Crippen LogP contribution in [0, 0.1) is 11.2 Å². The SMILES string of the molecule is Cl.O=C1CCC(N2Cc3c(NC(=O)CCCCOCCn4cc(CNC(=O)C5(Cc6cccc(Nc7nccs7)n6)CCC(Oc6cccc(Cl)c6F)CC5)nn4)cccc3C2=O)C(=O)N1. The largest absolute Gasteiger partial charge is 0.487 e. The van der Waals surface area contributed by atoms with Gasteiger partial charge in [-0.25, -0.2) is 19.0 Å². The van der Waals surface area contributed by atoms with Gasteiger partial charge in [0.15, 0.2) is 16.7 Å². The van der Waals surface area contributed by atoms with E-state index in [4.69, 9.17) is 26.1 Å². The number of hydrogen-bond donors (Lipinski definition) is 4. The van der Waals surface area contributed by atoms with Gasteiger partial charge < -0.3 is 30.3 Å². The summed E-state index contributed by atoms with van der Waals surface area (Å²) in [5.41, 5.74) is 2.12. The Kier molecular flexibility index (Phi) is 16.0. The molecular formula is C45H49Cl2FN10O7S. The maximum Gasteiger partial charge on any atom is 0.255 e. The molecule has 2 aromatic carbocycles. The van der Waals surface area contributed by atoms with Crippen LogP contribution in [0.15, 0.2) is 72.4 Å². The van der Waals surface area contributed by atoms with Crippen LogP contribution < -0.4 is 26.0 Å². The minimum absolute atomic E-state index is 0. The molecule has 348 valence electrons. The topological polar surface area (TPSA) is 212 Å². The van der Waals surface area contributed by atoms with Crippen molar-refractivity contribution in [2.75, 3.05) is 23.8 Å². The van der Waals surface area contributed by atoms with E-state index in [1.807, 2.05) is 23.6 Å². The Hall–Kier alpha value is -6.02. The van der Waals surface area contributed by atoms with Crippen molar-refractivity contribution in [3.8, 4) is 5.75 Å². The number of halogens is 3. The summed E-state index contributed by atoms with van der Waals surface area (Å²) < 4.78 is 28.2. The lowest BCUT2D eigenvalue weighted by Gasteiger charge is -2.39. The summed E-state index contributed by atoms with van der Waals surface area (Å²) in [6.07, 6.45) is 7.46. The van der Waals surface area contributed by atoms with Crippen LogP contribution in [0.1, 0.15) is 85.1 Å². The Bertz CT molecular complexity index is 2540. The number of hydrogen-bond acceptors (Lipinski definition) is 13. The molecular weight excluding hydrogens is 915 g/mol. The molecule has 5 amide bonds. The van der Waals surface area contributed by atoms with Crippen molar-refractivity contribution in [3.63, 3.8) is 0 Å². The van der Waals surface area contributed by atoms with Gasteiger partial charge in [0.1, 0.15) is 17.6 Å². The lowest BCUT2D eigenvalue weighted by Crippen LogP contribution is -2.52. The van der Waals surface area contributed by atoms with E-state index < -0.39 is 23.2 Å². The second-order valence-corrected chi connectivity index (χ2v) is 17.6. The van der Waals surface area contributed by atoms with Gasteiger partial charge in [-0.1, -0.05) is 35.0 Å². The van der Waals surface area contributed by atoms with E-state index in [-0.39, 0.29) is 85.3 Å². The van der Waals surface area contributed by atoms with Crippen molar-refractivity contribution in [1.82, 2.24) is 40.5 Å². The van der Waals surface area contributed by atoms with Gasteiger partial charge in [-0.15, -0.1) is 28.8 Å². The summed E-state index contributed by atoms with van der Waals surface area (Å²) in [7, 11) is 0. The van der Waals surface area contributed by atoms with Gasteiger partial charge >= 0.3 is 0 Å². The molecule has 21 heteroatoms. The number of unbranched alkanes of at least 4 members (excludes halogenated alkanes) is 1. The number of piperidine rings is 1. The molecule has 0 bridgehead atoms. The van der Waals surface area contributed by atoms with Crippen molar-refractivity contribution >= 4 is 81.5 Å². The number of ether oxygens (including phenoxy) is 2. The minimum Gasteiger partial charge on any atom is -0.487 e. The Morgan fingerprint density at radius 2 is 1.82 bits per heavy atom. The van der Waals surface area contributed by atoms with Crippen LogP contribution in [0.25, 0.3) is 0 Å². The first kappa shape index (κ1) is 47.9. The van der Waals surface area contributed by atoms with E-state index in [2.05, 4.69) is 36.6 Å². The van der Waals surface area contributed by atoms with E-state index in [9.17, 15) is 28.4 Å². The highest BCUT2D eigenvalue weighted by atomic mass is 35.5. The van der Waals surface area contributed by atoms with Crippen LogP contribution in [-0.2, 0) is 50.0 Å². The standard InChI is InChI=1S/C45H48ClFN10O7S.ClH/c46-33-8-5-10-36(40(33)47)64-30-15-17-45(18-16-30,24-28-6-3-11-37(50-28)52-44-48-19-23-65-44)43(62)49-25-29-26-56(55-54-29)20-22-63-21-2-1-12-38(58)51-34-9-4-7-31-32(34)27-57(42(31)61)35-13-14-39(59)53-41(35)60;/h3-11,19,23,26,30,35H,1-2,12-18,20-22,24-25,27H2,(H,49,62)(H,51,58)(H,48,50,52)(H,53,59,60);1H. The van der Waals surface area contributed by atoms with Crippen LogP contribution in [0.2, 0.25) is 5.02 Å². The highest BCUT2D eigenvalue weighted by Gasteiger charge is 2.43. The second-order valence-electron chi connectivity index (χ2n) is 16.3. The van der Waals surface area contributed by atoms with Gasteiger partial charge in [-0.05, 0) is 81.3 Å². The lowest BCUT2D eigenvalue weighted by molar-refractivity contribution is -0.137. The fourth-order valence-corrected chi connectivity index (χ4v) is 9.14. The number of anilines is 3. The Balaban J connectivity index is 0.00000648. The molecule has 2 aliphatic heterocycles. The van der Waals surface area contributed by atoms with E-state index in [1.165, 1.54) is 22.3 Å². The molecule has 3 aromatic heterocycles. The third-order valence-electron chi connectivity index (χ3n) is 11.9. The monoisotopic (exact) mass is 962 g/mol. The number of amides is 5. The predicted molar refractivity (Wildman–Crippen MR) is 245 cm³/mol. The number of carbonyl (C=O) groups is 5. The van der Waals surface area contributed by atoms with Gasteiger partial charge in [-0.3, -0.25) is 29.3 Å². The summed E-state index contributed by atoms with van der Waals surface area (Å²) in [4.78, 5) is 74.7. The molecule has 1 aliphatic carbocycles. The van der Waals surface area contributed by atoms with Gasteiger partial charge in [0.05, 0.1) is 42.4 Å². The molecule has 8 rings (SSSR count). The van der Waals surface area contributed by atoms with Crippen molar-refractivity contribution < 1.29 is 37.8 Å². The van der Waals surface area contributed by atoms with E-state index in [0.717, 1.165) is 5.69 Å². The molecule has 1 atom stereocenters. The second kappa shape index (κ2) is 22.0. The molecule has 66 heavy (non-hydrogen) atoms. The number of nitrogens with zero attached hydrogens (tertiary/aromatic N) is 6. The average Bonchev–Trinajstić information content (AvgIpc) is 4.06. The van der Waals surface area contributed by atoms with Gasteiger partial charge in [0.25, 0.3) is 5.91 Å². The highest BCUT2D eigenvalue weighted by Crippen LogP contribution is 2.42. The average molecular weight is 964 g/mol. The van der Waals surface area contributed by atoms with Gasteiger partial charge in [-0.2, -0.15) is 0 Å². The molecule has 5 heterocycles. The number of rotatable bonds is 19. The van der Waals surface area contributed by atoms with E-state index >= 15 is 0 Å². The molecule has 1 unspecified atom stereocenters. The zero-order valence-corrected chi connectivity index (χ0v) is 38.2. The van der Waals surface area contributed by atoms with Crippen molar-refractivity contribution in [1.29, 1.82) is 0 Å². The molecule has 2 fully saturated rings. The summed E-state index contributed by atoms with van der Waals surface area (Å²) in [6, 6.07) is 14.7. The normalized spacial score (nSPS) is 19.1. The number of benzene rings is 2. The number of aromatic nitrogens is 5. The number of thiazole rings is 1. The van der Waals surface area contributed by atoms with Crippen LogP contribution >= 0.6 is 35.3 Å². The summed E-state index contributed by atoms with van der Waals surface area (Å²) in [6.45, 7) is 1.57. The number of nitrogens with one attached hydrogen (secondary N) is 4. The fraction of sp³-hybridized carbons (Fsp3) is 0.400. The van der Waals surface area contributed by atoms with Crippen LogP contribution in [0.3, 0.4) is 0 Å². The number of carbonyl (C=O) groups excluding carboxylic acids is 5. The maximum absolute atomic E-state index is 14.7. The summed E-state index contributed by atoms with van der Waals surface area (Å²) in [5.74, 6) is -1.37. The maximum atomic E-state index is 14.7. The molecule has 0 radical (unpaired) electrons. The number of fused-ring (bicyclic) bond motifs is 1. The molecule has 3 aliphatic rings. The van der Waals surface area contributed by atoms with Crippen LogP contribution in [0.5, 0.6) is 5.75 Å². The van der Waals surface area contributed by atoms with Crippen LogP contribution in [0.4, 0.5) is 21.0 Å². The first-order chi connectivity index (χ1) is 31.5. The molecule has 1 saturated heterocycles. The quantitative estimate of drug-likeness (QED) is 0.0514. The summed E-state index contributed by atoms with van der Waals surface area (Å²) >= 11 is 7.45. The third kappa shape index (κ3) is 11.7. The number of imide groups is 1. The van der Waals surface area contributed by atoms with Crippen molar-refractivity contribution in [3.05, 3.63) is 106 Å². The zero-order chi connectivity index (χ0) is 45.3. The molecule has 5 aromatic rings. The highest BCUT2D eigenvalue weighted by molar-refractivity contribution is 7.13. The Morgan fingerprint density at radius 1 is 1.00 bits per heavy atom. The van der Waals surface area contributed by atoms with Crippen molar-refractivity contribution in [2.24, 2.45) is 5.41 Å². The lowest BCUT2D eigenvalue weighted by atomic mass is 9.69. The smallest absolute Gasteiger partial charge is 0.255 e. The van der Waals surface area contributed by atoms with Gasteiger partial charge in [0, 0.05) is 66.5 Å².